The number of nitrogens with one attached hydrogen (secondary N) is 1. The summed E-state index contributed by atoms with van der Waals surface area (Å²) in [5, 5.41) is 3.62. The van der Waals surface area contributed by atoms with Gasteiger partial charge in [0, 0.05) is 5.54 Å². The summed E-state index contributed by atoms with van der Waals surface area (Å²) in [7, 11) is 0. The van der Waals surface area contributed by atoms with Crippen LogP contribution < -0.4 is 5.32 Å². The van der Waals surface area contributed by atoms with Gasteiger partial charge in [0.25, 0.3) is 0 Å². The molecule has 0 atom stereocenters. The van der Waals surface area contributed by atoms with Crippen LogP contribution in [0.3, 0.4) is 0 Å². The van der Waals surface area contributed by atoms with E-state index in [1.165, 1.54) is 23.1 Å². The van der Waals surface area contributed by atoms with Crippen molar-refractivity contribution in [3.63, 3.8) is 0 Å². The molecule has 1 N–H and O–H groups in total. The van der Waals surface area contributed by atoms with Crippen LogP contribution in [0.25, 0.3) is 11.1 Å². The molecular formula is C20H27N. The van der Waals surface area contributed by atoms with Crippen LogP contribution in [-0.2, 0) is 6.42 Å². The third-order valence-electron chi connectivity index (χ3n) is 3.95. The molecule has 0 unspecified atom stereocenters. The van der Waals surface area contributed by atoms with Gasteiger partial charge in [-0.3, -0.25) is 0 Å². The molecule has 0 aliphatic rings. The van der Waals surface area contributed by atoms with Gasteiger partial charge in [0.2, 0.25) is 0 Å². The summed E-state index contributed by atoms with van der Waals surface area (Å²) in [5.41, 5.74) is 4.21. The first-order chi connectivity index (χ1) is 10.1. The van der Waals surface area contributed by atoms with Crippen molar-refractivity contribution in [2.75, 3.05) is 6.54 Å². The van der Waals surface area contributed by atoms with Gasteiger partial charge in [-0.25, -0.2) is 0 Å². The van der Waals surface area contributed by atoms with Crippen molar-refractivity contribution >= 4 is 0 Å². The molecule has 1 heteroatoms. The molecule has 0 bridgehead atoms. The van der Waals surface area contributed by atoms with Crippen molar-refractivity contribution in [2.45, 2.75) is 45.6 Å². The van der Waals surface area contributed by atoms with E-state index in [0.717, 1.165) is 19.4 Å². The molecule has 0 saturated carbocycles. The van der Waals surface area contributed by atoms with Gasteiger partial charge in [-0.1, -0.05) is 61.5 Å². The first kappa shape index (κ1) is 15.8. The first-order valence-electron chi connectivity index (χ1n) is 8.00. The lowest BCUT2D eigenvalue weighted by molar-refractivity contribution is 0.363. The van der Waals surface area contributed by atoms with Crippen LogP contribution in [0.4, 0.5) is 0 Å². The number of hydrogen-bond donors (Lipinski definition) is 1. The molecular weight excluding hydrogens is 254 g/mol. The fourth-order valence-corrected chi connectivity index (χ4v) is 2.50. The maximum atomic E-state index is 3.62. The molecule has 0 aliphatic heterocycles. The zero-order valence-corrected chi connectivity index (χ0v) is 13.5. The molecule has 0 spiro atoms. The molecule has 2 aromatic carbocycles. The van der Waals surface area contributed by atoms with Crippen molar-refractivity contribution in [3.8, 4) is 11.1 Å². The Morgan fingerprint density at radius 2 is 1.48 bits per heavy atom. The fourth-order valence-electron chi connectivity index (χ4n) is 2.50. The smallest absolute Gasteiger partial charge is 0.0128 e. The fraction of sp³-hybridized carbons (Fsp3) is 0.400. The SMILES string of the molecule is CCCNC(C)(C)CCc1ccc(-c2ccccc2)cc1. The molecule has 0 fully saturated rings. The second kappa shape index (κ2) is 7.42. The molecule has 21 heavy (non-hydrogen) atoms. The van der Waals surface area contributed by atoms with E-state index in [1.54, 1.807) is 0 Å². The molecule has 0 heterocycles. The molecule has 0 amide bonds. The van der Waals surface area contributed by atoms with Gasteiger partial charge < -0.3 is 5.32 Å². The van der Waals surface area contributed by atoms with Gasteiger partial charge in [0.05, 0.1) is 0 Å². The predicted molar refractivity (Wildman–Crippen MR) is 92.6 cm³/mol. The predicted octanol–water partition coefficient (Wildman–Crippen LogP) is 5.06. The Balaban J connectivity index is 1.94. The zero-order valence-electron chi connectivity index (χ0n) is 13.5. The minimum Gasteiger partial charge on any atom is -0.312 e. The topological polar surface area (TPSA) is 12.0 Å². The Labute approximate surface area is 129 Å². The van der Waals surface area contributed by atoms with Crippen LogP contribution in [0.2, 0.25) is 0 Å². The Morgan fingerprint density at radius 3 is 2.10 bits per heavy atom. The lowest BCUT2D eigenvalue weighted by atomic mass is 9.94. The second-order valence-electron chi connectivity index (χ2n) is 6.37. The normalized spacial score (nSPS) is 11.6. The van der Waals surface area contributed by atoms with Gasteiger partial charge >= 0.3 is 0 Å². The Morgan fingerprint density at radius 1 is 0.857 bits per heavy atom. The van der Waals surface area contributed by atoms with E-state index in [1.807, 2.05) is 0 Å². The second-order valence-corrected chi connectivity index (χ2v) is 6.37. The van der Waals surface area contributed by atoms with Crippen molar-refractivity contribution < 1.29 is 0 Å². The highest BCUT2D eigenvalue weighted by atomic mass is 14.9. The van der Waals surface area contributed by atoms with Gasteiger partial charge in [0.15, 0.2) is 0 Å². The number of aryl methyl sites for hydroxylation is 1. The monoisotopic (exact) mass is 281 g/mol. The summed E-state index contributed by atoms with van der Waals surface area (Å²) in [5.74, 6) is 0. The third kappa shape index (κ3) is 5.02. The van der Waals surface area contributed by atoms with Crippen LogP contribution >= 0.6 is 0 Å². The van der Waals surface area contributed by atoms with Gasteiger partial charge in [-0.2, -0.15) is 0 Å². The van der Waals surface area contributed by atoms with E-state index in [2.05, 4.69) is 80.7 Å². The molecule has 2 aromatic rings. The first-order valence-corrected chi connectivity index (χ1v) is 8.00. The minimum atomic E-state index is 0.216. The minimum absolute atomic E-state index is 0.216. The number of rotatable bonds is 7. The van der Waals surface area contributed by atoms with E-state index >= 15 is 0 Å². The third-order valence-corrected chi connectivity index (χ3v) is 3.95. The van der Waals surface area contributed by atoms with Crippen LogP contribution in [0.5, 0.6) is 0 Å². The summed E-state index contributed by atoms with van der Waals surface area (Å²) in [4.78, 5) is 0. The Hall–Kier alpha value is -1.60. The standard InChI is InChI=1S/C20H27N/c1-4-16-21-20(2,3)15-14-17-10-12-19(13-11-17)18-8-6-5-7-9-18/h5-13,21H,4,14-16H2,1-3H3. The Kier molecular flexibility index (Phi) is 5.58. The van der Waals surface area contributed by atoms with E-state index in [4.69, 9.17) is 0 Å². The van der Waals surface area contributed by atoms with Crippen molar-refractivity contribution in [1.82, 2.24) is 5.32 Å². The molecule has 112 valence electrons. The number of hydrogen-bond acceptors (Lipinski definition) is 1. The molecule has 1 nitrogen and oxygen atoms in total. The quantitative estimate of drug-likeness (QED) is 0.747. The van der Waals surface area contributed by atoms with E-state index in [-0.39, 0.29) is 5.54 Å². The summed E-state index contributed by atoms with van der Waals surface area (Å²) < 4.78 is 0. The highest BCUT2D eigenvalue weighted by Crippen LogP contribution is 2.21. The average Bonchev–Trinajstić information content (AvgIpc) is 2.53. The zero-order chi connectivity index (χ0) is 15.1. The van der Waals surface area contributed by atoms with Crippen LogP contribution in [0.1, 0.15) is 39.2 Å². The number of benzene rings is 2. The lowest BCUT2D eigenvalue weighted by Gasteiger charge is -2.26. The molecule has 0 saturated heterocycles. The van der Waals surface area contributed by atoms with Crippen LogP contribution in [0, 0.1) is 0 Å². The highest BCUT2D eigenvalue weighted by molar-refractivity contribution is 5.63. The van der Waals surface area contributed by atoms with Crippen molar-refractivity contribution in [1.29, 1.82) is 0 Å². The van der Waals surface area contributed by atoms with Crippen LogP contribution in [-0.4, -0.2) is 12.1 Å². The van der Waals surface area contributed by atoms with E-state index in [0.29, 0.717) is 0 Å². The maximum Gasteiger partial charge on any atom is 0.0128 e. The maximum absolute atomic E-state index is 3.62. The molecule has 0 aromatic heterocycles. The van der Waals surface area contributed by atoms with E-state index in [9.17, 15) is 0 Å². The van der Waals surface area contributed by atoms with Gasteiger partial charge in [-0.15, -0.1) is 0 Å². The molecule has 2 rings (SSSR count). The summed E-state index contributed by atoms with van der Waals surface area (Å²) in [6.45, 7) is 7.90. The Bertz CT molecular complexity index is 526. The van der Waals surface area contributed by atoms with Crippen LogP contribution in [0.15, 0.2) is 54.6 Å². The van der Waals surface area contributed by atoms with Crippen molar-refractivity contribution in [3.05, 3.63) is 60.2 Å². The van der Waals surface area contributed by atoms with E-state index < -0.39 is 0 Å². The summed E-state index contributed by atoms with van der Waals surface area (Å²) in [6, 6.07) is 19.5. The van der Waals surface area contributed by atoms with Gasteiger partial charge in [0.1, 0.15) is 0 Å². The van der Waals surface area contributed by atoms with Crippen molar-refractivity contribution in [2.24, 2.45) is 0 Å². The highest BCUT2D eigenvalue weighted by Gasteiger charge is 2.15. The van der Waals surface area contributed by atoms with Gasteiger partial charge in [-0.05, 0) is 56.3 Å². The summed E-state index contributed by atoms with van der Waals surface area (Å²) in [6.07, 6.45) is 3.48. The largest absolute Gasteiger partial charge is 0.312 e. The summed E-state index contributed by atoms with van der Waals surface area (Å²) >= 11 is 0. The average molecular weight is 281 g/mol. The lowest BCUT2D eigenvalue weighted by Crippen LogP contribution is -2.40. The molecule has 0 radical (unpaired) electrons. The molecule has 0 aliphatic carbocycles.